The van der Waals surface area contributed by atoms with E-state index in [0.29, 0.717) is 23.3 Å². The van der Waals surface area contributed by atoms with Crippen molar-refractivity contribution < 1.29 is 14.2 Å². The molecule has 0 unspecified atom stereocenters. The van der Waals surface area contributed by atoms with E-state index in [0.717, 1.165) is 0 Å². The molecule has 0 aromatic heterocycles. The molecule has 2 aromatic carbocycles. The van der Waals surface area contributed by atoms with Crippen LogP contribution in [-0.4, -0.2) is 5.11 Å². The molecule has 0 aliphatic rings. The van der Waals surface area contributed by atoms with Crippen LogP contribution in [0.4, 0.5) is 4.39 Å². The average molecular weight is 260 g/mol. The average Bonchev–Trinajstić information content (AvgIpc) is 2.43. The molecule has 19 heavy (non-hydrogen) atoms. The molecule has 2 nitrogen and oxygen atoms in total. The van der Waals surface area contributed by atoms with E-state index in [1.165, 1.54) is 0 Å². The Balaban J connectivity index is 2.36. The summed E-state index contributed by atoms with van der Waals surface area (Å²) in [5.74, 6) is 0.292. The Morgan fingerprint density at radius 2 is 1.79 bits per heavy atom. The third-order valence-electron chi connectivity index (χ3n) is 3.04. The molecule has 0 aliphatic carbocycles. The molecule has 0 radical (unpaired) electrons. The quantitative estimate of drug-likeness (QED) is 0.884. The Labute approximate surface area is 112 Å². The van der Waals surface area contributed by atoms with Crippen molar-refractivity contribution in [1.82, 2.24) is 0 Å². The summed E-state index contributed by atoms with van der Waals surface area (Å²) in [6, 6.07) is 12.2. The number of hydrogen-bond acceptors (Lipinski definition) is 2. The molecule has 0 amide bonds. The van der Waals surface area contributed by atoms with E-state index in [1.807, 2.05) is 13.0 Å². The van der Waals surface area contributed by atoms with Crippen LogP contribution in [-0.2, 0) is 0 Å². The van der Waals surface area contributed by atoms with Crippen LogP contribution in [0.25, 0.3) is 0 Å². The van der Waals surface area contributed by atoms with Gasteiger partial charge in [-0.05, 0) is 31.0 Å². The monoisotopic (exact) mass is 260 g/mol. The van der Waals surface area contributed by atoms with Crippen molar-refractivity contribution in [2.45, 2.75) is 26.4 Å². The maximum Gasteiger partial charge on any atom is 0.168 e. The molecule has 0 saturated carbocycles. The first-order chi connectivity index (χ1) is 9.13. The lowest BCUT2D eigenvalue weighted by Gasteiger charge is -2.15. The zero-order valence-corrected chi connectivity index (χ0v) is 11.1. The van der Waals surface area contributed by atoms with Crippen molar-refractivity contribution >= 4 is 0 Å². The molecule has 3 heteroatoms. The number of benzene rings is 2. The number of aliphatic hydroxyl groups is 1. The highest BCUT2D eigenvalue weighted by molar-refractivity contribution is 5.40. The highest BCUT2D eigenvalue weighted by Gasteiger charge is 2.14. The summed E-state index contributed by atoms with van der Waals surface area (Å²) in [4.78, 5) is 0. The number of halogens is 1. The van der Waals surface area contributed by atoms with E-state index in [1.54, 1.807) is 43.3 Å². The van der Waals surface area contributed by atoms with Crippen molar-refractivity contribution in [3.05, 3.63) is 59.4 Å². The SMILES string of the molecule is CC[C@@H](O)c1ccccc1Oc1cccc(C)c1F. The Morgan fingerprint density at radius 3 is 2.53 bits per heavy atom. The lowest BCUT2D eigenvalue weighted by Crippen LogP contribution is -1.99. The summed E-state index contributed by atoms with van der Waals surface area (Å²) < 4.78 is 19.5. The fraction of sp³-hybridized carbons (Fsp3) is 0.250. The fourth-order valence-electron chi connectivity index (χ4n) is 1.89. The van der Waals surface area contributed by atoms with Crippen LogP contribution in [0.1, 0.15) is 30.6 Å². The van der Waals surface area contributed by atoms with Gasteiger partial charge in [-0.25, -0.2) is 4.39 Å². The standard InChI is InChI=1S/C16H17FO2/c1-3-13(18)12-8-4-5-9-14(12)19-15-10-6-7-11(2)16(15)17/h4-10,13,18H,3H2,1-2H3/t13-/m1/s1. The molecule has 0 spiro atoms. The largest absolute Gasteiger partial charge is 0.454 e. The number of aryl methyl sites for hydroxylation is 1. The van der Waals surface area contributed by atoms with Gasteiger partial charge in [-0.2, -0.15) is 0 Å². The summed E-state index contributed by atoms with van der Waals surface area (Å²) in [6.07, 6.45) is -0.0273. The second-order valence-corrected chi connectivity index (χ2v) is 4.45. The summed E-state index contributed by atoms with van der Waals surface area (Å²) in [5, 5.41) is 9.94. The molecule has 1 N–H and O–H groups in total. The predicted molar refractivity (Wildman–Crippen MR) is 72.9 cm³/mol. The van der Waals surface area contributed by atoms with Gasteiger partial charge in [-0.3, -0.25) is 0 Å². The molecule has 0 fully saturated rings. The van der Waals surface area contributed by atoms with E-state index >= 15 is 0 Å². The maximum absolute atomic E-state index is 13.9. The second-order valence-electron chi connectivity index (χ2n) is 4.45. The van der Waals surface area contributed by atoms with Crippen molar-refractivity contribution in [3.63, 3.8) is 0 Å². The summed E-state index contributed by atoms with van der Waals surface area (Å²) in [7, 11) is 0. The van der Waals surface area contributed by atoms with Crippen LogP contribution in [0.5, 0.6) is 11.5 Å². The van der Waals surface area contributed by atoms with Gasteiger partial charge in [0.25, 0.3) is 0 Å². The third kappa shape index (κ3) is 2.93. The van der Waals surface area contributed by atoms with Gasteiger partial charge in [-0.15, -0.1) is 0 Å². The third-order valence-corrected chi connectivity index (χ3v) is 3.04. The first-order valence-electron chi connectivity index (χ1n) is 6.33. The zero-order chi connectivity index (χ0) is 13.8. The van der Waals surface area contributed by atoms with Gasteiger partial charge < -0.3 is 9.84 Å². The lowest BCUT2D eigenvalue weighted by atomic mass is 10.1. The first-order valence-corrected chi connectivity index (χ1v) is 6.33. The van der Waals surface area contributed by atoms with Crippen LogP contribution >= 0.6 is 0 Å². The number of ether oxygens (including phenoxy) is 1. The maximum atomic E-state index is 13.9. The van der Waals surface area contributed by atoms with Crippen LogP contribution in [0, 0.1) is 12.7 Å². The van der Waals surface area contributed by atoms with Gasteiger partial charge in [0, 0.05) is 5.56 Å². The summed E-state index contributed by atoms with van der Waals surface area (Å²) >= 11 is 0. The Hall–Kier alpha value is -1.87. The van der Waals surface area contributed by atoms with E-state index in [-0.39, 0.29) is 11.6 Å². The second kappa shape index (κ2) is 5.85. The Bertz CT molecular complexity index is 566. The van der Waals surface area contributed by atoms with Gasteiger partial charge in [-0.1, -0.05) is 37.3 Å². The number of hydrogen-bond donors (Lipinski definition) is 1. The minimum absolute atomic E-state index is 0.177. The molecular weight excluding hydrogens is 243 g/mol. The van der Waals surface area contributed by atoms with Crippen molar-refractivity contribution in [2.75, 3.05) is 0 Å². The van der Waals surface area contributed by atoms with Crippen LogP contribution in [0.2, 0.25) is 0 Å². The normalized spacial score (nSPS) is 12.2. The summed E-state index contributed by atoms with van der Waals surface area (Å²) in [6.45, 7) is 3.57. The minimum Gasteiger partial charge on any atom is -0.454 e. The van der Waals surface area contributed by atoms with E-state index < -0.39 is 6.10 Å². The first kappa shape index (κ1) is 13.6. The highest BCUT2D eigenvalue weighted by Crippen LogP contribution is 2.32. The van der Waals surface area contributed by atoms with Crippen LogP contribution in [0.3, 0.4) is 0 Å². The van der Waals surface area contributed by atoms with Crippen LogP contribution < -0.4 is 4.74 Å². The molecule has 0 aliphatic heterocycles. The van der Waals surface area contributed by atoms with E-state index in [2.05, 4.69) is 0 Å². The molecule has 0 saturated heterocycles. The molecule has 2 rings (SSSR count). The fourth-order valence-corrected chi connectivity index (χ4v) is 1.89. The van der Waals surface area contributed by atoms with Gasteiger partial charge >= 0.3 is 0 Å². The topological polar surface area (TPSA) is 29.5 Å². The predicted octanol–water partition coefficient (Wildman–Crippen LogP) is 4.37. The van der Waals surface area contributed by atoms with Gasteiger partial charge in [0.05, 0.1) is 6.10 Å². The molecule has 1 atom stereocenters. The van der Waals surface area contributed by atoms with Gasteiger partial charge in [0.15, 0.2) is 11.6 Å². The van der Waals surface area contributed by atoms with Crippen molar-refractivity contribution in [2.24, 2.45) is 0 Å². The minimum atomic E-state index is -0.607. The summed E-state index contributed by atoms with van der Waals surface area (Å²) in [5.41, 5.74) is 1.21. The Morgan fingerprint density at radius 1 is 1.11 bits per heavy atom. The molecule has 2 aromatic rings. The lowest BCUT2D eigenvalue weighted by molar-refractivity contribution is 0.170. The van der Waals surface area contributed by atoms with E-state index in [4.69, 9.17) is 4.74 Å². The Kier molecular flexibility index (Phi) is 4.17. The van der Waals surface area contributed by atoms with Gasteiger partial charge in [0.1, 0.15) is 5.75 Å². The molecule has 0 heterocycles. The van der Waals surface area contributed by atoms with Crippen molar-refractivity contribution in [1.29, 1.82) is 0 Å². The van der Waals surface area contributed by atoms with Crippen LogP contribution in [0.15, 0.2) is 42.5 Å². The van der Waals surface area contributed by atoms with Gasteiger partial charge in [0.2, 0.25) is 0 Å². The highest BCUT2D eigenvalue weighted by atomic mass is 19.1. The van der Waals surface area contributed by atoms with E-state index in [9.17, 15) is 9.50 Å². The molecule has 100 valence electrons. The van der Waals surface area contributed by atoms with Crippen molar-refractivity contribution in [3.8, 4) is 11.5 Å². The molecule has 0 bridgehead atoms. The zero-order valence-electron chi connectivity index (χ0n) is 11.1. The number of rotatable bonds is 4. The number of aliphatic hydroxyl groups excluding tert-OH is 1. The smallest absolute Gasteiger partial charge is 0.168 e. The number of para-hydroxylation sites is 1. The molecular formula is C16H17FO2.